The van der Waals surface area contributed by atoms with Crippen molar-refractivity contribution in [2.24, 2.45) is 5.73 Å². The number of nitrogens with one attached hydrogen (secondary N) is 1. The van der Waals surface area contributed by atoms with Gasteiger partial charge in [-0.1, -0.05) is 6.92 Å². The second-order valence-electron chi connectivity index (χ2n) is 4.72. The molecule has 0 aliphatic rings. The quantitative estimate of drug-likeness (QED) is 0.780. The Hall–Kier alpha value is -1.22. The fourth-order valence-electron chi connectivity index (χ4n) is 2.02. The van der Waals surface area contributed by atoms with E-state index in [1.807, 2.05) is 0 Å². The predicted octanol–water partition coefficient (Wildman–Crippen LogP) is 2.99. The number of benzene rings is 1. The molecule has 18 heavy (non-hydrogen) atoms. The summed E-state index contributed by atoms with van der Waals surface area (Å²) >= 11 is 0. The molecule has 3 nitrogen and oxygen atoms in total. The normalized spacial score (nSPS) is 12.3. The first-order chi connectivity index (χ1) is 8.62. The van der Waals surface area contributed by atoms with Crippen molar-refractivity contribution in [1.82, 2.24) is 0 Å². The third-order valence-corrected chi connectivity index (χ3v) is 3.42. The van der Waals surface area contributed by atoms with E-state index in [0.29, 0.717) is 0 Å². The van der Waals surface area contributed by atoms with Crippen LogP contribution in [0.15, 0.2) is 18.2 Å². The number of nitrogens with two attached hydrogens (primary N) is 1. The standard InChI is InChI=1S/C15H27N3/c1-5-13(16)11-17-15-9-8-14(10-12(15)4)18(6-2)7-3/h8-10,13,17H,5-7,11,16H2,1-4H3. The molecular formula is C15H27N3. The Balaban J connectivity index is 2.73. The lowest BCUT2D eigenvalue weighted by Crippen LogP contribution is -2.28. The van der Waals surface area contributed by atoms with Crippen LogP contribution in [0.25, 0.3) is 0 Å². The maximum atomic E-state index is 5.92. The topological polar surface area (TPSA) is 41.3 Å². The van der Waals surface area contributed by atoms with Crippen molar-refractivity contribution in [1.29, 1.82) is 0 Å². The van der Waals surface area contributed by atoms with Gasteiger partial charge in [-0.2, -0.15) is 0 Å². The molecule has 1 atom stereocenters. The molecule has 0 bridgehead atoms. The van der Waals surface area contributed by atoms with Gasteiger partial charge in [0.05, 0.1) is 0 Å². The zero-order valence-electron chi connectivity index (χ0n) is 12.2. The highest BCUT2D eigenvalue weighted by molar-refractivity contribution is 5.60. The van der Waals surface area contributed by atoms with E-state index in [9.17, 15) is 0 Å². The van der Waals surface area contributed by atoms with Crippen LogP contribution < -0.4 is 16.0 Å². The molecule has 0 spiro atoms. The van der Waals surface area contributed by atoms with Crippen LogP contribution >= 0.6 is 0 Å². The average Bonchev–Trinajstić information content (AvgIpc) is 2.38. The summed E-state index contributed by atoms with van der Waals surface area (Å²) in [6.07, 6.45) is 1.00. The summed E-state index contributed by atoms with van der Waals surface area (Å²) < 4.78 is 0. The van der Waals surface area contributed by atoms with E-state index in [2.05, 4.69) is 56.1 Å². The van der Waals surface area contributed by atoms with Crippen LogP contribution in [0.5, 0.6) is 0 Å². The van der Waals surface area contributed by atoms with Crippen molar-refractivity contribution in [2.45, 2.75) is 40.2 Å². The maximum Gasteiger partial charge on any atom is 0.0371 e. The Bertz CT molecular complexity index is 359. The number of hydrogen-bond donors (Lipinski definition) is 2. The Morgan fingerprint density at radius 3 is 2.39 bits per heavy atom. The maximum absolute atomic E-state index is 5.92. The summed E-state index contributed by atoms with van der Waals surface area (Å²) in [6, 6.07) is 6.81. The highest BCUT2D eigenvalue weighted by atomic mass is 15.1. The van der Waals surface area contributed by atoms with E-state index in [-0.39, 0.29) is 6.04 Å². The van der Waals surface area contributed by atoms with Gasteiger partial charge >= 0.3 is 0 Å². The number of hydrogen-bond acceptors (Lipinski definition) is 3. The molecule has 1 aromatic rings. The van der Waals surface area contributed by atoms with Crippen molar-refractivity contribution >= 4 is 11.4 Å². The minimum absolute atomic E-state index is 0.229. The lowest BCUT2D eigenvalue weighted by Gasteiger charge is -2.22. The van der Waals surface area contributed by atoms with Crippen molar-refractivity contribution in [3.8, 4) is 0 Å². The van der Waals surface area contributed by atoms with Gasteiger partial charge in [0.1, 0.15) is 0 Å². The van der Waals surface area contributed by atoms with Gasteiger partial charge in [-0.25, -0.2) is 0 Å². The van der Waals surface area contributed by atoms with Gasteiger partial charge in [0.15, 0.2) is 0 Å². The summed E-state index contributed by atoms with van der Waals surface area (Å²) in [4.78, 5) is 2.36. The predicted molar refractivity (Wildman–Crippen MR) is 81.5 cm³/mol. The van der Waals surface area contributed by atoms with Crippen molar-refractivity contribution in [3.05, 3.63) is 23.8 Å². The fourth-order valence-corrected chi connectivity index (χ4v) is 2.02. The van der Waals surface area contributed by atoms with Gasteiger partial charge in [0.2, 0.25) is 0 Å². The summed E-state index contributed by atoms with van der Waals surface area (Å²) in [5.41, 5.74) is 9.69. The lowest BCUT2D eigenvalue weighted by atomic mass is 10.1. The molecule has 1 aromatic carbocycles. The number of rotatable bonds is 7. The van der Waals surface area contributed by atoms with Gasteiger partial charge in [0, 0.05) is 37.1 Å². The molecule has 0 aromatic heterocycles. The van der Waals surface area contributed by atoms with E-state index in [0.717, 1.165) is 26.1 Å². The molecule has 3 N–H and O–H groups in total. The first-order valence-electron chi connectivity index (χ1n) is 6.97. The Kier molecular flexibility index (Phi) is 5.99. The third-order valence-electron chi connectivity index (χ3n) is 3.42. The molecule has 0 saturated heterocycles. The number of anilines is 2. The zero-order chi connectivity index (χ0) is 13.5. The second kappa shape index (κ2) is 7.27. The van der Waals surface area contributed by atoms with Crippen LogP contribution in [0.1, 0.15) is 32.8 Å². The molecule has 0 radical (unpaired) electrons. The Labute approximate surface area is 111 Å². The SMILES string of the molecule is CCC(N)CNc1ccc(N(CC)CC)cc1C. The highest BCUT2D eigenvalue weighted by Crippen LogP contribution is 2.22. The first-order valence-corrected chi connectivity index (χ1v) is 6.97. The highest BCUT2D eigenvalue weighted by Gasteiger charge is 2.05. The number of aryl methyl sites for hydroxylation is 1. The lowest BCUT2D eigenvalue weighted by molar-refractivity contribution is 0.679. The van der Waals surface area contributed by atoms with Gasteiger partial charge in [0.25, 0.3) is 0 Å². The zero-order valence-corrected chi connectivity index (χ0v) is 12.2. The van der Waals surface area contributed by atoms with Gasteiger partial charge < -0.3 is 16.0 Å². The van der Waals surface area contributed by atoms with Gasteiger partial charge in [-0.3, -0.25) is 0 Å². The monoisotopic (exact) mass is 249 g/mol. The minimum Gasteiger partial charge on any atom is -0.383 e. The Morgan fingerprint density at radius 1 is 1.22 bits per heavy atom. The van der Waals surface area contributed by atoms with Crippen LogP contribution in [-0.2, 0) is 0 Å². The summed E-state index contributed by atoms with van der Waals surface area (Å²) in [5.74, 6) is 0. The molecule has 3 heteroatoms. The molecule has 0 fully saturated rings. The van der Waals surface area contributed by atoms with Crippen LogP contribution in [0, 0.1) is 6.92 Å². The second-order valence-corrected chi connectivity index (χ2v) is 4.72. The van der Waals surface area contributed by atoms with Gasteiger partial charge in [-0.05, 0) is 51.0 Å². The fraction of sp³-hybridized carbons (Fsp3) is 0.600. The summed E-state index contributed by atoms with van der Waals surface area (Å²) in [5, 5.41) is 3.42. The molecule has 0 saturated carbocycles. The first kappa shape index (κ1) is 14.8. The van der Waals surface area contributed by atoms with Crippen molar-refractivity contribution in [2.75, 3.05) is 29.9 Å². The van der Waals surface area contributed by atoms with Crippen molar-refractivity contribution in [3.63, 3.8) is 0 Å². The molecule has 0 aliphatic carbocycles. The largest absolute Gasteiger partial charge is 0.383 e. The molecule has 0 aliphatic heterocycles. The number of nitrogens with zero attached hydrogens (tertiary/aromatic N) is 1. The van der Waals surface area contributed by atoms with Gasteiger partial charge in [-0.15, -0.1) is 0 Å². The summed E-state index contributed by atoms with van der Waals surface area (Å²) in [7, 11) is 0. The summed E-state index contributed by atoms with van der Waals surface area (Å²) in [6.45, 7) is 11.6. The van der Waals surface area contributed by atoms with Crippen LogP contribution in [0.2, 0.25) is 0 Å². The van der Waals surface area contributed by atoms with Crippen molar-refractivity contribution < 1.29 is 0 Å². The average molecular weight is 249 g/mol. The Morgan fingerprint density at radius 2 is 1.89 bits per heavy atom. The van der Waals surface area contributed by atoms with E-state index in [4.69, 9.17) is 5.73 Å². The molecule has 1 rings (SSSR count). The van der Waals surface area contributed by atoms with Crippen LogP contribution in [-0.4, -0.2) is 25.7 Å². The van der Waals surface area contributed by atoms with Crippen LogP contribution in [0.3, 0.4) is 0 Å². The van der Waals surface area contributed by atoms with Crippen LogP contribution in [0.4, 0.5) is 11.4 Å². The molecule has 0 amide bonds. The van der Waals surface area contributed by atoms with E-state index in [1.54, 1.807) is 0 Å². The van der Waals surface area contributed by atoms with E-state index < -0.39 is 0 Å². The minimum atomic E-state index is 0.229. The molecule has 102 valence electrons. The molecule has 1 unspecified atom stereocenters. The smallest absolute Gasteiger partial charge is 0.0371 e. The van der Waals surface area contributed by atoms with E-state index >= 15 is 0 Å². The third kappa shape index (κ3) is 3.91. The molecule has 0 heterocycles. The molecular weight excluding hydrogens is 222 g/mol. The van der Waals surface area contributed by atoms with E-state index in [1.165, 1.54) is 16.9 Å².